The van der Waals surface area contributed by atoms with Crippen molar-refractivity contribution in [1.29, 1.82) is 0 Å². The summed E-state index contributed by atoms with van der Waals surface area (Å²) in [5.41, 5.74) is 4.45. The number of anilines is 1. The molecular weight excluding hydrogens is 266 g/mol. The third-order valence-electron chi connectivity index (χ3n) is 3.03. The molecule has 0 fully saturated rings. The minimum absolute atomic E-state index is 0.907. The third-order valence-corrected chi connectivity index (χ3v) is 3.78. The summed E-state index contributed by atoms with van der Waals surface area (Å²) in [4.78, 5) is 8.74. The Labute approximate surface area is 124 Å². The Bertz CT molecular complexity index is 612. The number of pyridine rings is 1. The van der Waals surface area contributed by atoms with E-state index in [-0.39, 0.29) is 0 Å². The maximum Gasteiger partial charge on any atom is 0.187 e. The molecule has 0 radical (unpaired) electrons. The molecule has 1 N–H and O–H groups in total. The van der Waals surface area contributed by atoms with Gasteiger partial charge in [-0.3, -0.25) is 4.98 Å². The molecule has 0 saturated heterocycles. The van der Waals surface area contributed by atoms with E-state index in [9.17, 15) is 0 Å². The molecule has 3 nitrogen and oxygen atoms in total. The molecule has 104 valence electrons. The van der Waals surface area contributed by atoms with Gasteiger partial charge in [0.1, 0.15) is 0 Å². The van der Waals surface area contributed by atoms with E-state index in [1.165, 1.54) is 5.57 Å². The zero-order chi connectivity index (χ0) is 14.4. The summed E-state index contributed by atoms with van der Waals surface area (Å²) in [6, 6.07) is 3.94. The first-order valence-electron chi connectivity index (χ1n) is 6.70. The minimum atomic E-state index is 0.907. The van der Waals surface area contributed by atoms with E-state index in [0.29, 0.717) is 0 Å². The van der Waals surface area contributed by atoms with Gasteiger partial charge in [-0.15, -0.1) is 11.3 Å². The number of hydrogen-bond donors (Lipinski definition) is 1. The Morgan fingerprint density at radius 1 is 1.45 bits per heavy atom. The van der Waals surface area contributed by atoms with Gasteiger partial charge in [-0.1, -0.05) is 18.6 Å². The van der Waals surface area contributed by atoms with Crippen molar-refractivity contribution in [1.82, 2.24) is 9.97 Å². The van der Waals surface area contributed by atoms with Crippen LogP contribution in [0.15, 0.2) is 53.3 Å². The van der Waals surface area contributed by atoms with E-state index >= 15 is 0 Å². The number of aromatic nitrogens is 2. The third kappa shape index (κ3) is 3.54. The van der Waals surface area contributed by atoms with Crippen LogP contribution in [-0.4, -0.2) is 9.97 Å². The zero-order valence-electron chi connectivity index (χ0n) is 12.1. The predicted octanol–water partition coefficient (Wildman–Crippen LogP) is 4.88. The highest BCUT2D eigenvalue weighted by Gasteiger charge is 2.06. The first-order chi connectivity index (χ1) is 9.74. The highest BCUT2D eigenvalue weighted by molar-refractivity contribution is 7.14. The van der Waals surface area contributed by atoms with Crippen molar-refractivity contribution in [3.05, 3.63) is 53.3 Å². The van der Waals surface area contributed by atoms with E-state index in [1.54, 1.807) is 17.5 Å². The van der Waals surface area contributed by atoms with Gasteiger partial charge in [0.15, 0.2) is 5.13 Å². The summed E-state index contributed by atoms with van der Waals surface area (Å²) in [7, 11) is 0. The van der Waals surface area contributed by atoms with Gasteiger partial charge in [0, 0.05) is 29.0 Å². The predicted molar refractivity (Wildman–Crippen MR) is 86.8 cm³/mol. The van der Waals surface area contributed by atoms with Gasteiger partial charge in [0.25, 0.3) is 0 Å². The second kappa shape index (κ2) is 7.01. The van der Waals surface area contributed by atoms with Crippen LogP contribution in [0.5, 0.6) is 0 Å². The van der Waals surface area contributed by atoms with Gasteiger partial charge < -0.3 is 5.32 Å². The fourth-order valence-corrected chi connectivity index (χ4v) is 2.47. The van der Waals surface area contributed by atoms with Crippen LogP contribution in [0.3, 0.4) is 0 Å². The van der Waals surface area contributed by atoms with Gasteiger partial charge in [-0.05, 0) is 38.5 Å². The first-order valence-corrected chi connectivity index (χ1v) is 7.58. The molecule has 0 spiro atoms. The van der Waals surface area contributed by atoms with Crippen LogP contribution in [-0.2, 0) is 0 Å². The number of allylic oxidation sites excluding steroid dienone is 3. The van der Waals surface area contributed by atoms with Crippen molar-refractivity contribution in [2.75, 3.05) is 5.32 Å². The molecule has 2 aromatic heterocycles. The number of thiazole rings is 1. The second-order valence-corrected chi connectivity index (χ2v) is 5.31. The Hall–Kier alpha value is -1.94. The Morgan fingerprint density at radius 2 is 2.30 bits per heavy atom. The number of rotatable bonds is 5. The Balaban J connectivity index is 2.21. The van der Waals surface area contributed by atoms with E-state index in [4.69, 9.17) is 0 Å². The zero-order valence-corrected chi connectivity index (χ0v) is 12.9. The van der Waals surface area contributed by atoms with E-state index < -0.39 is 0 Å². The van der Waals surface area contributed by atoms with E-state index in [2.05, 4.69) is 35.2 Å². The SMILES string of the molecule is C/C=C\C(Nc1nc(-c2cccnc2)cs1)=C(\C)CC. The summed E-state index contributed by atoms with van der Waals surface area (Å²) >= 11 is 1.61. The fraction of sp³-hybridized carbons (Fsp3) is 0.250. The van der Waals surface area contributed by atoms with Crippen LogP contribution in [0, 0.1) is 0 Å². The lowest BCUT2D eigenvalue weighted by Crippen LogP contribution is -1.99. The van der Waals surface area contributed by atoms with Crippen LogP contribution in [0.2, 0.25) is 0 Å². The molecule has 0 aliphatic carbocycles. The standard InChI is InChI=1S/C16H19N3S/c1-4-7-14(12(3)5-2)18-16-19-15(11-20-16)13-8-6-9-17-10-13/h4,6-11H,5H2,1-3H3,(H,18,19)/b7-4-,14-12+. The molecule has 0 aliphatic heterocycles. The fourth-order valence-electron chi connectivity index (χ4n) is 1.74. The molecule has 0 unspecified atom stereocenters. The Kier molecular flexibility index (Phi) is 5.07. The quantitative estimate of drug-likeness (QED) is 0.796. The van der Waals surface area contributed by atoms with Crippen molar-refractivity contribution in [2.45, 2.75) is 27.2 Å². The highest BCUT2D eigenvalue weighted by Crippen LogP contribution is 2.26. The van der Waals surface area contributed by atoms with Crippen LogP contribution >= 0.6 is 11.3 Å². The van der Waals surface area contributed by atoms with Crippen molar-refractivity contribution >= 4 is 16.5 Å². The van der Waals surface area contributed by atoms with Crippen LogP contribution in [0.25, 0.3) is 11.3 Å². The van der Waals surface area contributed by atoms with E-state index in [0.717, 1.165) is 28.5 Å². The summed E-state index contributed by atoms with van der Waals surface area (Å²) in [5.74, 6) is 0. The lowest BCUT2D eigenvalue weighted by atomic mass is 10.2. The summed E-state index contributed by atoms with van der Waals surface area (Å²) < 4.78 is 0. The van der Waals surface area contributed by atoms with Crippen molar-refractivity contribution in [3.63, 3.8) is 0 Å². The smallest absolute Gasteiger partial charge is 0.187 e. The average Bonchev–Trinajstić information content (AvgIpc) is 2.95. The number of nitrogens with one attached hydrogen (secondary N) is 1. The minimum Gasteiger partial charge on any atom is -0.332 e. The number of nitrogens with zero attached hydrogens (tertiary/aromatic N) is 2. The molecule has 20 heavy (non-hydrogen) atoms. The molecule has 0 saturated carbocycles. The molecule has 0 bridgehead atoms. The van der Waals surface area contributed by atoms with Crippen LogP contribution in [0.1, 0.15) is 27.2 Å². The molecule has 0 atom stereocenters. The van der Waals surface area contributed by atoms with Gasteiger partial charge in [0.2, 0.25) is 0 Å². The van der Waals surface area contributed by atoms with Gasteiger partial charge in [-0.2, -0.15) is 0 Å². The Morgan fingerprint density at radius 3 is 2.95 bits per heavy atom. The second-order valence-electron chi connectivity index (χ2n) is 4.45. The lowest BCUT2D eigenvalue weighted by molar-refractivity contribution is 1.07. The molecule has 0 aliphatic rings. The molecule has 0 amide bonds. The maximum absolute atomic E-state index is 4.62. The van der Waals surface area contributed by atoms with Gasteiger partial charge >= 0.3 is 0 Å². The molecule has 2 rings (SSSR count). The van der Waals surface area contributed by atoms with E-state index in [1.807, 2.05) is 36.7 Å². The molecule has 0 aromatic carbocycles. The normalized spacial score (nSPS) is 12.6. The van der Waals surface area contributed by atoms with Gasteiger partial charge in [0.05, 0.1) is 5.69 Å². The summed E-state index contributed by atoms with van der Waals surface area (Å²) in [6.07, 6.45) is 8.75. The molecule has 2 aromatic rings. The first kappa shape index (κ1) is 14.5. The topological polar surface area (TPSA) is 37.8 Å². The van der Waals surface area contributed by atoms with Crippen molar-refractivity contribution in [2.24, 2.45) is 0 Å². The lowest BCUT2D eigenvalue weighted by Gasteiger charge is -2.07. The molecular formula is C16H19N3S. The molecule has 2 heterocycles. The summed E-state index contributed by atoms with van der Waals surface area (Å²) in [6.45, 7) is 6.31. The van der Waals surface area contributed by atoms with Crippen LogP contribution < -0.4 is 5.32 Å². The summed E-state index contributed by atoms with van der Waals surface area (Å²) in [5, 5.41) is 6.36. The van der Waals surface area contributed by atoms with Crippen molar-refractivity contribution < 1.29 is 0 Å². The maximum atomic E-state index is 4.62. The molecule has 4 heteroatoms. The largest absolute Gasteiger partial charge is 0.332 e. The van der Waals surface area contributed by atoms with Crippen molar-refractivity contribution in [3.8, 4) is 11.3 Å². The van der Waals surface area contributed by atoms with Crippen LogP contribution in [0.4, 0.5) is 5.13 Å². The average molecular weight is 285 g/mol. The number of hydrogen-bond acceptors (Lipinski definition) is 4. The van der Waals surface area contributed by atoms with Gasteiger partial charge in [-0.25, -0.2) is 4.98 Å². The monoisotopic (exact) mass is 285 g/mol. The highest BCUT2D eigenvalue weighted by atomic mass is 32.1.